The van der Waals surface area contributed by atoms with Gasteiger partial charge in [-0.15, -0.1) is 0 Å². The maximum absolute atomic E-state index is 5.05. The van der Waals surface area contributed by atoms with Crippen LogP contribution < -0.4 is 0 Å². The van der Waals surface area contributed by atoms with E-state index in [-0.39, 0.29) is 0 Å². The Hall–Kier alpha value is -7.50. The maximum atomic E-state index is 5.05. The predicted molar refractivity (Wildman–Crippen MR) is 225 cm³/mol. The van der Waals surface area contributed by atoms with Gasteiger partial charge in [-0.2, -0.15) is 0 Å². The van der Waals surface area contributed by atoms with E-state index in [4.69, 9.17) is 19.9 Å². The molecule has 10 aromatic rings. The fourth-order valence-electron chi connectivity index (χ4n) is 7.23. The monoisotopic (exact) mass is 703 g/mol. The molecule has 2 heterocycles. The molecule has 0 saturated carbocycles. The summed E-state index contributed by atoms with van der Waals surface area (Å²) in [6.07, 6.45) is 0. The summed E-state index contributed by atoms with van der Waals surface area (Å²) in [4.78, 5) is 19.7. The van der Waals surface area contributed by atoms with Gasteiger partial charge in [0.15, 0.2) is 17.5 Å². The number of hydrogen-bond acceptors (Lipinski definition) is 4. The lowest BCUT2D eigenvalue weighted by atomic mass is 9.96. The first kappa shape index (κ1) is 32.2. The molecule has 0 spiro atoms. The summed E-state index contributed by atoms with van der Waals surface area (Å²) in [5.74, 6) is 2.88. The van der Waals surface area contributed by atoms with Gasteiger partial charge in [0.2, 0.25) is 0 Å². The zero-order valence-electron chi connectivity index (χ0n) is 29.8. The predicted octanol–water partition coefficient (Wildman–Crippen LogP) is 12.4. The third-order valence-corrected chi connectivity index (χ3v) is 10.1. The lowest BCUT2D eigenvalue weighted by Crippen LogP contribution is -2.00. The average molecular weight is 704 g/mol. The SMILES string of the molecule is c1ccc(-c2nc(-c3ccccc3)nc(-c3ccc(-c4ccc5ccc(-c6ccc(-c7nc8ccccc8n7-c7ccccc7)cc6)cc5c4)cc3)n2)cc1. The van der Waals surface area contributed by atoms with Gasteiger partial charge in [0.05, 0.1) is 11.0 Å². The molecular weight excluding hydrogens is 671 g/mol. The van der Waals surface area contributed by atoms with Crippen molar-refractivity contribution < 1.29 is 0 Å². The van der Waals surface area contributed by atoms with Gasteiger partial charge >= 0.3 is 0 Å². The Kier molecular flexibility index (Phi) is 8.08. The largest absolute Gasteiger partial charge is 0.292 e. The topological polar surface area (TPSA) is 56.5 Å². The minimum atomic E-state index is 0.644. The van der Waals surface area contributed by atoms with Gasteiger partial charge < -0.3 is 0 Å². The van der Waals surface area contributed by atoms with Crippen LogP contribution in [0.4, 0.5) is 0 Å². The number of para-hydroxylation sites is 3. The normalized spacial score (nSPS) is 11.3. The van der Waals surface area contributed by atoms with Crippen molar-refractivity contribution in [3.63, 3.8) is 0 Å². The van der Waals surface area contributed by atoms with Crippen LogP contribution in [-0.4, -0.2) is 24.5 Å². The van der Waals surface area contributed by atoms with Crippen LogP contribution in [0.1, 0.15) is 0 Å². The molecule has 5 heteroatoms. The summed E-state index contributed by atoms with van der Waals surface area (Å²) in [6.45, 7) is 0. The van der Waals surface area contributed by atoms with Crippen LogP contribution in [0.15, 0.2) is 200 Å². The molecule has 2 aromatic heterocycles. The molecule has 0 aliphatic heterocycles. The van der Waals surface area contributed by atoms with E-state index in [9.17, 15) is 0 Å². The minimum Gasteiger partial charge on any atom is -0.292 e. The molecule has 258 valence electrons. The van der Waals surface area contributed by atoms with Gasteiger partial charge in [-0.05, 0) is 69.4 Å². The fourth-order valence-corrected chi connectivity index (χ4v) is 7.23. The highest BCUT2D eigenvalue weighted by Gasteiger charge is 2.15. The van der Waals surface area contributed by atoms with E-state index < -0.39 is 0 Å². The van der Waals surface area contributed by atoms with Crippen molar-refractivity contribution in [3.05, 3.63) is 200 Å². The number of fused-ring (bicyclic) bond motifs is 2. The third-order valence-electron chi connectivity index (χ3n) is 10.1. The van der Waals surface area contributed by atoms with E-state index in [0.717, 1.165) is 61.5 Å². The number of nitrogens with zero attached hydrogens (tertiary/aromatic N) is 5. The lowest BCUT2D eigenvalue weighted by Gasteiger charge is -2.11. The molecular formula is C50H33N5. The molecule has 0 atom stereocenters. The summed E-state index contributed by atoms with van der Waals surface area (Å²) in [6, 6.07) is 69.5. The third kappa shape index (κ3) is 6.24. The van der Waals surface area contributed by atoms with Crippen LogP contribution >= 0.6 is 0 Å². The standard InChI is InChI=1S/C50H33N5/c1-4-12-37(13-5-1)47-52-48(38-14-6-2-7-15-38)54-49(53-47)39-26-20-34(21-27-39)41-30-24-36-25-31-42(33-43(36)32-41)35-22-28-40(29-23-35)50-51-45-18-10-11-19-46(45)55(50)44-16-8-3-9-17-44/h1-33H. The van der Waals surface area contributed by atoms with E-state index in [1.807, 2.05) is 72.8 Å². The molecule has 10 rings (SSSR count). The molecule has 0 amide bonds. The van der Waals surface area contributed by atoms with Gasteiger partial charge in [0, 0.05) is 27.9 Å². The molecule has 0 bridgehead atoms. The second-order valence-electron chi connectivity index (χ2n) is 13.6. The number of benzene rings is 8. The second kappa shape index (κ2) is 13.8. The number of aromatic nitrogens is 5. The Bertz CT molecular complexity index is 2880. The van der Waals surface area contributed by atoms with E-state index in [2.05, 4.69) is 132 Å². The number of imidazole rings is 1. The quantitative estimate of drug-likeness (QED) is 0.166. The highest BCUT2D eigenvalue weighted by Crippen LogP contribution is 2.33. The molecule has 0 aliphatic rings. The first-order valence-electron chi connectivity index (χ1n) is 18.4. The fraction of sp³-hybridized carbons (Fsp3) is 0. The molecule has 55 heavy (non-hydrogen) atoms. The number of hydrogen-bond donors (Lipinski definition) is 0. The molecule has 0 fully saturated rings. The first-order chi connectivity index (χ1) is 27.2. The first-order valence-corrected chi connectivity index (χ1v) is 18.4. The van der Waals surface area contributed by atoms with Crippen LogP contribution in [0, 0.1) is 0 Å². The van der Waals surface area contributed by atoms with Crippen LogP contribution in [0.5, 0.6) is 0 Å². The Morgan fingerprint density at radius 1 is 0.291 bits per heavy atom. The molecule has 5 nitrogen and oxygen atoms in total. The zero-order valence-corrected chi connectivity index (χ0v) is 29.8. The maximum Gasteiger partial charge on any atom is 0.164 e. The van der Waals surface area contributed by atoms with E-state index >= 15 is 0 Å². The van der Waals surface area contributed by atoms with Crippen molar-refractivity contribution in [2.24, 2.45) is 0 Å². The summed E-state index contributed by atoms with van der Waals surface area (Å²) in [5, 5.41) is 2.39. The summed E-state index contributed by atoms with van der Waals surface area (Å²) < 4.78 is 2.24. The summed E-state index contributed by atoms with van der Waals surface area (Å²) in [5.41, 5.74) is 11.7. The molecule has 0 radical (unpaired) electrons. The van der Waals surface area contributed by atoms with Crippen LogP contribution in [-0.2, 0) is 0 Å². The van der Waals surface area contributed by atoms with Crippen LogP contribution in [0.2, 0.25) is 0 Å². The van der Waals surface area contributed by atoms with Gasteiger partial charge in [-0.25, -0.2) is 19.9 Å². The van der Waals surface area contributed by atoms with Crippen LogP contribution in [0.25, 0.3) is 95.3 Å². The van der Waals surface area contributed by atoms with Gasteiger partial charge in [0.25, 0.3) is 0 Å². The van der Waals surface area contributed by atoms with Crippen molar-refractivity contribution >= 4 is 21.8 Å². The van der Waals surface area contributed by atoms with Gasteiger partial charge in [0.1, 0.15) is 5.82 Å². The van der Waals surface area contributed by atoms with Crippen molar-refractivity contribution in [2.45, 2.75) is 0 Å². The highest BCUT2D eigenvalue weighted by atomic mass is 15.1. The van der Waals surface area contributed by atoms with E-state index in [1.165, 1.54) is 16.3 Å². The lowest BCUT2D eigenvalue weighted by molar-refractivity contribution is 1.07. The smallest absolute Gasteiger partial charge is 0.164 e. The van der Waals surface area contributed by atoms with Crippen molar-refractivity contribution in [2.75, 3.05) is 0 Å². The molecule has 0 N–H and O–H groups in total. The second-order valence-corrected chi connectivity index (χ2v) is 13.6. The molecule has 0 saturated heterocycles. The van der Waals surface area contributed by atoms with Gasteiger partial charge in [-0.3, -0.25) is 4.57 Å². The summed E-state index contributed by atoms with van der Waals surface area (Å²) >= 11 is 0. The minimum absolute atomic E-state index is 0.644. The average Bonchev–Trinajstić information content (AvgIpc) is 3.67. The van der Waals surface area contributed by atoms with Crippen molar-refractivity contribution in [1.82, 2.24) is 24.5 Å². The Labute approximate surface area is 318 Å². The van der Waals surface area contributed by atoms with E-state index in [0.29, 0.717) is 17.5 Å². The zero-order chi connectivity index (χ0) is 36.6. The Balaban J connectivity index is 0.954. The number of rotatable bonds is 7. The van der Waals surface area contributed by atoms with Crippen LogP contribution in [0.3, 0.4) is 0 Å². The van der Waals surface area contributed by atoms with Gasteiger partial charge in [-0.1, -0.05) is 164 Å². The van der Waals surface area contributed by atoms with E-state index in [1.54, 1.807) is 0 Å². The van der Waals surface area contributed by atoms with Crippen molar-refractivity contribution in [1.29, 1.82) is 0 Å². The highest BCUT2D eigenvalue weighted by molar-refractivity contribution is 5.91. The Morgan fingerprint density at radius 2 is 0.709 bits per heavy atom. The Morgan fingerprint density at radius 3 is 1.25 bits per heavy atom. The van der Waals surface area contributed by atoms with Crippen molar-refractivity contribution in [3.8, 4) is 73.5 Å². The molecule has 0 aliphatic carbocycles. The summed E-state index contributed by atoms with van der Waals surface area (Å²) in [7, 11) is 0. The molecule has 0 unspecified atom stereocenters. The molecule has 8 aromatic carbocycles.